The molecule has 0 saturated carbocycles. The van der Waals surface area contributed by atoms with Crippen molar-refractivity contribution in [3.8, 4) is 0 Å². The number of nitrogens with two attached hydrogens (primary N) is 1. The van der Waals surface area contributed by atoms with Crippen LogP contribution < -0.4 is 10.6 Å². The molecule has 2 aliphatic heterocycles. The van der Waals surface area contributed by atoms with Crippen molar-refractivity contribution in [3.05, 3.63) is 18.1 Å². The van der Waals surface area contributed by atoms with Gasteiger partial charge in [0.25, 0.3) is 5.78 Å². The third kappa shape index (κ3) is 3.13. The third-order valence-corrected chi connectivity index (χ3v) is 5.62. The van der Waals surface area contributed by atoms with Gasteiger partial charge in [0, 0.05) is 31.5 Å². The summed E-state index contributed by atoms with van der Waals surface area (Å²) in [4.78, 5) is 22.8. The van der Waals surface area contributed by atoms with Gasteiger partial charge in [0.1, 0.15) is 12.1 Å². The first kappa shape index (κ1) is 17.2. The predicted octanol–water partition coefficient (Wildman–Crippen LogP) is 1.18. The number of hydrogen-bond donors (Lipinski definition) is 1. The van der Waals surface area contributed by atoms with Crippen LogP contribution in [0.5, 0.6) is 0 Å². The molecule has 140 valence electrons. The standard InChI is InChI=1S/C18H26N6O2/c1-2-3-13-10-15(24-18(22-13)20-11-21-24)23-7-4-12(5-8-23)16-14(17(19)25)6-9-26-16/h10-12,14,16H,2-9H2,1H3,(H2,19,25)/t14-,16+/m0/s1. The van der Waals surface area contributed by atoms with E-state index in [1.54, 1.807) is 6.33 Å². The van der Waals surface area contributed by atoms with E-state index in [4.69, 9.17) is 10.5 Å². The van der Waals surface area contributed by atoms with Gasteiger partial charge in [-0.3, -0.25) is 4.79 Å². The van der Waals surface area contributed by atoms with Crippen LogP contribution in [0, 0.1) is 11.8 Å². The molecule has 2 N–H and O–H groups in total. The molecule has 2 aromatic rings. The Bertz CT molecular complexity index is 783. The van der Waals surface area contributed by atoms with E-state index >= 15 is 0 Å². The van der Waals surface area contributed by atoms with Gasteiger partial charge < -0.3 is 15.4 Å². The quantitative estimate of drug-likeness (QED) is 0.862. The molecule has 0 spiro atoms. The Morgan fingerprint density at radius 3 is 2.88 bits per heavy atom. The summed E-state index contributed by atoms with van der Waals surface area (Å²) in [5.41, 5.74) is 6.61. The van der Waals surface area contributed by atoms with Crippen molar-refractivity contribution in [2.24, 2.45) is 17.6 Å². The van der Waals surface area contributed by atoms with E-state index < -0.39 is 0 Å². The van der Waals surface area contributed by atoms with E-state index in [-0.39, 0.29) is 17.9 Å². The van der Waals surface area contributed by atoms with Crippen LogP contribution in [0.1, 0.15) is 38.3 Å². The molecule has 0 unspecified atom stereocenters. The molecule has 2 saturated heterocycles. The predicted molar refractivity (Wildman–Crippen MR) is 96.8 cm³/mol. The second-order valence-electron chi connectivity index (χ2n) is 7.28. The van der Waals surface area contributed by atoms with E-state index in [0.717, 1.165) is 56.7 Å². The van der Waals surface area contributed by atoms with Crippen molar-refractivity contribution in [3.63, 3.8) is 0 Å². The molecule has 8 heteroatoms. The van der Waals surface area contributed by atoms with Crippen LogP contribution in [0.2, 0.25) is 0 Å². The first-order valence-electron chi connectivity index (χ1n) is 9.53. The monoisotopic (exact) mass is 358 g/mol. The summed E-state index contributed by atoms with van der Waals surface area (Å²) in [5.74, 6) is 1.73. The number of carbonyl (C=O) groups is 1. The first-order valence-corrected chi connectivity index (χ1v) is 9.53. The Morgan fingerprint density at radius 1 is 1.35 bits per heavy atom. The molecular formula is C18H26N6O2. The van der Waals surface area contributed by atoms with Crippen LogP contribution >= 0.6 is 0 Å². The normalized spacial score (nSPS) is 24.4. The molecule has 2 aromatic heterocycles. The van der Waals surface area contributed by atoms with E-state index in [1.165, 1.54) is 0 Å². The Balaban J connectivity index is 1.50. The Labute approximate surface area is 152 Å². The largest absolute Gasteiger partial charge is 0.377 e. The van der Waals surface area contributed by atoms with E-state index in [2.05, 4.69) is 33.0 Å². The summed E-state index contributed by atoms with van der Waals surface area (Å²) in [5, 5.41) is 4.34. The number of carbonyl (C=O) groups excluding carboxylic acids is 1. The molecular weight excluding hydrogens is 332 g/mol. The Morgan fingerprint density at radius 2 is 2.15 bits per heavy atom. The zero-order valence-corrected chi connectivity index (χ0v) is 15.2. The van der Waals surface area contributed by atoms with Gasteiger partial charge in [0.15, 0.2) is 0 Å². The summed E-state index contributed by atoms with van der Waals surface area (Å²) in [7, 11) is 0. The number of rotatable bonds is 5. The van der Waals surface area contributed by atoms with Gasteiger partial charge >= 0.3 is 0 Å². The zero-order valence-electron chi connectivity index (χ0n) is 15.2. The number of hydrogen-bond acceptors (Lipinski definition) is 6. The Hall–Kier alpha value is -2.22. The van der Waals surface area contributed by atoms with Crippen molar-refractivity contribution in [1.82, 2.24) is 19.6 Å². The molecule has 0 aromatic carbocycles. The molecule has 2 fully saturated rings. The van der Waals surface area contributed by atoms with Gasteiger partial charge in [-0.15, -0.1) is 0 Å². The van der Waals surface area contributed by atoms with Crippen LogP contribution in [0.3, 0.4) is 0 Å². The maximum atomic E-state index is 11.7. The van der Waals surface area contributed by atoms with Crippen LogP contribution in [0.15, 0.2) is 12.4 Å². The van der Waals surface area contributed by atoms with Crippen LogP contribution in [0.25, 0.3) is 5.78 Å². The molecule has 26 heavy (non-hydrogen) atoms. The van der Waals surface area contributed by atoms with E-state index in [9.17, 15) is 4.79 Å². The summed E-state index contributed by atoms with van der Waals surface area (Å²) < 4.78 is 7.68. The molecule has 8 nitrogen and oxygen atoms in total. The maximum absolute atomic E-state index is 11.7. The minimum Gasteiger partial charge on any atom is -0.377 e. The highest BCUT2D eigenvalue weighted by atomic mass is 16.5. The van der Waals surface area contributed by atoms with E-state index in [0.29, 0.717) is 18.3 Å². The molecule has 4 heterocycles. The number of aromatic nitrogens is 4. The van der Waals surface area contributed by atoms with Gasteiger partial charge in [0.2, 0.25) is 5.91 Å². The topological polar surface area (TPSA) is 98.6 Å². The summed E-state index contributed by atoms with van der Waals surface area (Å²) in [6.07, 6.45) is 6.23. The average Bonchev–Trinajstić information content (AvgIpc) is 3.31. The number of piperidine rings is 1. The van der Waals surface area contributed by atoms with Crippen molar-refractivity contribution in [2.75, 3.05) is 24.6 Å². The fourth-order valence-electron chi connectivity index (χ4n) is 4.29. The second-order valence-corrected chi connectivity index (χ2v) is 7.28. The lowest BCUT2D eigenvalue weighted by Crippen LogP contribution is -2.42. The van der Waals surface area contributed by atoms with Crippen LogP contribution in [0.4, 0.5) is 5.82 Å². The van der Waals surface area contributed by atoms with Crippen molar-refractivity contribution >= 4 is 17.5 Å². The molecule has 0 bridgehead atoms. The number of amides is 1. The smallest absolute Gasteiger partial charge is 0.254 e. The highest BCUT2D eigenvalue weighted by molar-refractivity contribution is 5.77. The van der Waals surface area contributed by atoms with E-state index in [1.807, 2.05) is 4.52 Å². The van der Waals surface area contributed by atoms with Crippen molar-refractivity contribution in [1.29, 1.82) is 0 Å². The summed E-state index contributed by atoms with van der Waals surface area (Å²) in [6.45, 7) is 4.60. The SMILES string of the molecule is CCCc1cc(N2CCC([C@H]3OCC[C@@H]3C(N)=O)CC2)n2ncnc2n1. The maximum Gasteiger partial charge on any atom is 0.254 e. The lowest BCUT2D eigenvalue weighted by Gasteiger charge is -2.36. The van der Waals surface area contributed by atoms with Crippen LogP contribution in [-0.2, 0) is 16.0 Å². The van der Waals surface area contributed by atoms with Crippen molar-refractivity contribution < 1.29 is 9.53 Å². The van der Waals surface area contributed by atoms with Crippen LogP contribution in [-0.4, -0.2) is 51.3 Å². The lowest BCUT2D eigenvalue weighted by atomic mass is 9.84. The fraction of sp³-hybridized carbons (Fsp3) is 0.667. The number of nitrogens with zero attached hydrogens (tertiary/aromatic N) is 5. The molecule has 0 aliphatic carbocycles. The molecule has 2 atom stereocenters. The fourth-order valence-corrected chi connectivity index (χ4v) is 4.29. The zero-order chi connectivity index (χ0) is 18.1. The summed E-state index contributed by atoms with van der Waals surface area (Å²) in [6, 6.07) is 2.13. The number of ether oxygens (including phenoxy) is 1. The molecule has 4 rings (SSSR count). The molecule has 1 amide bonds. The Kier molecular flexibility index (Phi) is 4.76. The van der Waals surface area contributed by atoms with Gasteiger partial charge in [-0.05, 0) is 31.6 Å². The second kappa shape index (κ2) is 7.19. The van der Waals surface area contributed by atoms with Gasteiger partial charge in [-0.2, -0.15) is 14.6 Å². The molecule has 2 aliphatic rings. The minimum absolute atomic E-state index is 0.0193. The summed E-state index contributed by atoms with van der Waals surface area (Å²) >= 11 is 0. The third-order valence-electron chi connectivity index (χ3n) is 5.62. The van der Waals surface area contributed by atoms with Crippen molar-refractivity contribution in [2.45, 2.75) is 45.1 Å². The first-order chi connectivity index (χ1) is 12.7. The average molecular weight is 358 g/mol. The van der Waals surface area contributed by atoms with Gasteiger partial charge in [-0.25, -0.2) is 4.98 Å². The number of fused-ring (bicyclic) bond motifs is 1. The number of primary amides is 1. The lowest BCUT2D eigenvalue weighted by molar-refractivity contribution is -0.124. The van der Waals surface area contributed by atoms with Gasteiger partial charge in [0.05, 0.1) is 12.0 Å². The number of anilines is 1. The highest BCUT2D eigenvalue weighted by Gasteiger charge is 2.39. The van der Waals surface area contributed by atoms with Gasteiger partial charge in [-0.1, -0.05) is 13.3 Å². The minimum atomic E-state index is -0.224. The molecule has 0 radical (unpaired) electrons. The number of aryl methyl sites for hydroxylation is 1. The highest BCUT2D eigenvalue weighted by Crippen LogP contribution is 2.34.